The number of ether oxygens (including phenoxy) is 1. The summed E-state index contributed by atoms with van der Waals surface area (Å²) in [5.41, 5.74) is -3.26. The van der Waals surface area contributed by atoms with E-state index >= 15 is 0 Å². The molecule has 0 spiro atoms. The van der Waals surface area contributed by atoms with Gasteiger partial charge >= 0.3 is 6.01 Å². The number of hydrogen-bond acceptors (Lipinski definition) is 10. The van der Waals surface area contributed by atoms with Gasteiger partial charge in [0.1, 0.15) is 19.5 Å². The lowest BCUT2D eigenvalue weighted by Gasteiger charge is -2.06. The summed E-state index contributed by atoms with van der Waals surface area (Å²) in [6.07, 6.45) is 3.35. The van der Waals surface area contributed by atoms with Crippen LogP contribution in [0, 0.1) is 30.3 Å². The van der Waals surface area contributed by atoms with Gasteiger partial charge in [-0.1, -0.05) is 0 Å². The molecule has 0 amide bonds. The number of rotatable bonds is 5. The summed E-state index contributed by atoms with van der Waals surface area (Å²) in [7, 11) is 3.09. The van der Waals surface area contributed by atoms with Crippen LogP contribution in [0.5, 0.6) is 11.8 Å². The van der Waals surface area contributed by atoms with Gasteiger partial charge < -0.3 is 14.7 Å². The molecule has 0 saturated heterocycles. The van der Waals surface area contributed by atoms with E-state index in [4.69, 9.17) is 9.57 Å². The summed E-state index contributed by atoms with van der Waals surface area (Å²) in [6.45, 7) is 0. The van der Waals surface area contributed by atoms with Crippen LogP contribution in [0.2, 0.25) is 0 Å². The van der Waals surface area contributed by atoms with Crippen molar-refractivity contribution in [3.8, 4) is 11.8 Å². The Morgan fingerprint density at radius 2 is 1.54 bits per heavy atom. The van der Waals surface area contributed by atoms with E-state index in [-0.39, 0.29) is 0 Å². The van der Waals surface area contributed by atoms with Gasteiger partial charge in [-0.25, -0.2) is 0 Å². The van der Waals surface area contributed by atoms with Crippen molar-refractivity contribution >= 4 is 17.1 Å². The average Bonchev–Trinajstić information content (AvgIpc) is 2.61. The third kappa shape index (κ3) is 4.70. The first kappa shape index (κ1) is 19.9. The molecule has 0 saturated carbocycles. The first-order chi connectivity index (χ1) is 12.2. The molecule has 1 aromatic heterocycles. The van der Waals surface area contributed by atoms with Crippen molar-refractivity contribution in [3.05, 3.63) is 60.9 Å². The number of aromatic nitrogens is 2. The molecule has 1 heterocycles. The van der Waals surface area contributed by atoms with Crippen molar-refractivity contribution in [2.24, 2.45) is 0 Å². The maximum absolute atomic E-state index is 11.1. The zero-order chi connectivity index (χ0) is 19.9. The van der Waals surface area contributed by atoms with Crippen LogP contribution < -0.4 is 19.4 Å². The van der Waals surface area contributed by atoms with Crippen molar-refractivity contribution in [1.29, 1.82) is 0 Å². The van der Waals surface area contributed by atoms with E-state index in [1.165, 1.54) is 11.8 Å². The summed E-state index contributed by atoms with van der Waals surface area (Å²) in [4.78, 5) is 36.3. The van der Waals surface area contributed by atoms with Crippen LogP contribution in [-0.4, -0.2) is 34.0 Å². The molecule has 26 heavy (non-hydrogen) atoms. The van der Waals surface area contributed by atoms with Crippen LogP contribution in [0.1, 0.15) is 0 Å². The Bertz CT molecular complexity index is 784. The standard InChI is InChI=1S/C6H3N3O7.C6H9N2O2/c10-6-4(8(13)14)1-3(7(11)12)2-5(6)9(15)16;1-9-6-7-4-3-5-8(6)10-2/h1-2,10H;3-5H,1-2H3/q;+1/p-1. The Morgan fingerprint density at radius 1 is 1.00 bits per heavy atom. The highest BCUT2D eigenvalue weighted by atomic mass is 16.7. The molecule has 0 aliphatic rings. The van der Waals surface area contributed by atoms with Gasteiger partial charge in [-0.2, -0.15) is 0 Å². The number of benzene rings is 1. The van der Waals surface area contributed by atoms with E-state index < -0.39 is 37.6 Å². The van der Waals surface area contributed by atoms with Crippen molar-refractivity contribution in [1.82, 2.24) is 4.98 Å². The van der Waals surface area contributed by atoms with E-state index in [9.17, 15) is 35.4 Å². The lowest BCUT2D eigenvalue weighted by atomic mass is 10.2. The molecular formula is C12H11N5O9. The van der Waals surface area contributed by atoms with E-state index in [0.717, 1.165) is 0 Å². The Labute approximate surface area is 144 Å². The molecule has 0 bridgehead atoms. The summed E-state index contributed by atoms with van der Waals surface area (Å²) in [5.74, 6) is -1.46. The zero-order valence-electron chi connectivity index (χ0n) is 13.3. The summed E-state index contributed by atoms with van der Waals surface area (Å²) >= 11 is 0. The van der Waals surface area contributed by atoms with E-state index in [1.807, 2.05) is 0 Å². The van der Waals surface area contributed by atoms with Gasteiger partial charge in [0, 0.05) is 6.07 Å². The minimum Gasteiger partial charge on any atom is -0.863 e. The van der Waals surface area contributed by atoms with Crippen molar-refractivity contribution in [2.75, 3.05) is 14.2 Å². The Hall–Kier alpha value is -4.10. The average molecular weight is 369 g/mol. The highest BCUT2D eigenvalue weighted by Crippen LogP contribution is 2.36. The lowest BCUT2D eigenvalue weighted by Crippen LogP contribution is -2.41. The molecule has 2 rings (SSSR count). The smallest absolute Gasteiger partial charge is 0.537 e. The largest absolute Gasteiger partial charge is 0.863 e. The van der Waals surface area contributed by atoms with Crippen LogP contribution in [-0.2, 0) is 0 Å². The second-order valence-corrected chi connectivity index (χ2v) is 4.20. The fourth-order valence-electron chi connectivity index (χ4n) is 1.59. The van der Waals surface area contributed by atoms with Gasteiger partial charge in [-0.15, -0.1) is 0 Å². The molecule has 0 aliphatic heterocycles. The normalized spacial score (nSPS) is 9.46. The molecule has 0 fully saturated rings. The molecule has 0 aliphatic carbocycles. The van der Waals surface area contributed by atoms with Crippen LogP contribution in [0.3, 0.4) is 0 Å². The van der Waals surface area contributed by atoms with Gasteiger partial charge in [0.25, 0.3) is 17.1 Å². The van der Waals surface area contributed by atoms with Crippen molar-refractivity contribution < 1.29 is 34.2 Å². The van der Waals surface area contributed by atoms with Gasteiger partial charge in [0.05, 0.1) is 39.8 Å². The fraction of sp³-hybridized carbons (Fsp3) is 0.167. The maximum atomic E-state index is 11.1. The second kappa shape index (κ2) is 8.67. The zero-order valence-corrected chi connectivity index (χ0v) is 13.3. The molecule has 0 N–H and O–H groups in total. The van der Waals surface area contributed by atoms with Crippen LogP contribution >= 0.6 is 0 Å². The highest BCUT2D eigenvalue weighted by molar-refractivity contribution is 5.63. The van der Waals surface area contributed by atoms with Gasteiger partial charge in [-0.3, -0.25) is 30.3 Å². The molecule has 2 aromatic rings. The van der Waals surface area contributed by atoms with Crippen LogP contribution in [0.15, 0.2) is 30.6 Å². The van der Waals surface area contributed by atoms with Gasteiger partial charge in [-0.05, 0) is 9.71 Å². The van der Waals surface area contributed by atoms with Crippen LogP contribution in [0.25, 0.3) is 0 Å². The summed E-state index contributed by atoms with van der Waals surface area (Å²) < 4.78 is 6.29. The SMILES string of the molecule is COc1nccc[n+]1OC.O=[N+]([O-])c1cc([N+](=O)[O-])c([O-])c([N+](=O)[O-])c1. The predicted molar refractivity (Wildman–Crippen MR) is 79.3 cm³/mol. The number of nitrogens with zero attached hydrogens (tertiary/aromatic N) is 5. The third-order valence-corrected chi connectivity index (χ3v) is 2.70. The van der Waals surface area contributed by atoms with E-state index in [2.05, 4.69) is 4.98 Å². The molecular weight excluding hydrogens is 358 g/mol. The third-order valence-electron chi connectivity index (χ3n) is 2.70. The maximum Gasteiger partial charge on any atom is 0.537 e. The van der Waals surface area contributed by atoms with Crippen molar-refractivity contribution in [3.63, 3.8) is 0 Å². The summed E-state index contributed by atoms with van der Waals surface area (Å²) in [6, 6.07) is 2.96. The van der Waals surface area contributed by atoms with Gasteiger partial charge in [0.2, 0.25) is 0 Å². The van der Waals surface area contributed by atoms with E-state index in [0.29, 0.717) is 18.1 Å². The number of nitro groups is 3. The second-order valence-electron chi connectivity index (χ2n) is 4.20. The monoisotopic (exact) mass is 369 g/mol. The fourth-order valence-corrected chi connectivity index (χ4v) is 1.59. The Morgan fingerprint density at radius 3 is 1.88 bits per heavy atom. The first-order valence-electron chi connectivity index (χ1n) is 6.46. The summed E-state index contributed by atoms with van der Waals surface area (Å²) in [5, 5.41) is 42.1. The quantitative estimate of drug-likeness (QED) is 0.391. The molecule has 138 valence electrons. The minimum absolute atomic E-state index is 0.384. The molecule has 0 atom stereocenters. The minimum atomic E-state index is -1.46. The molecule has 14 nitrogen and oxygen atoms in total. The van der Waals surface area contributed by atoms with Crippen molar-refractivity contribution in [2.45, 2.75) is 0 Å². The first-order valence-corrected chi connectivity index (χ1v) is 6.46. The number of methoxy groups -OCH3 is 1. The molecule has 14 heteroatoms. The van der Waals surface area contributed by atoms with E-state index in [1.54, 1.807) is 25.6 Å². The predicted octanol–water partition coefficient (Wildman–Crippen LogP) is -0.0791. The highest BCUT2D eigenvalue weighted by Gasteiger charge is 2.24. The number of nitro benzene ring substituents is 3. The topological polar surface area (TPSA) is 188 Å². The lowest BCUT2D eigenvalue weighted by molar-refractivity contribution is -0.889. The number of non-ortho nitro benzene ring substituents is 1. The molecule has 1 aromatic carbocycles. The molecule has 0 radical (unpaired) electrons. The number of hydrogen-bond donors (Lipinski definition) is 0. The Kier molecular flexibility index (Phi) is 6.65. The Balaban J connectivity index is 0.000000289. The molecule has 0 unspecified atom stereocenters. The van der Waals surface area contributed by atoms with Gasteiger partial charge in [0.15, 0.2) is 0 Å². The van der Waals surface area contributed by atoms with Crippen LogP contribution in [0.4, 0.5) is 17.1 Å².